The lowest BCUT2D eigenvalue weighted by Crippen LogP contribution is -2.28. The molecule has 1 unspecified atom stereocenters. The van der Waals surface area contributed by atoms with Gasteiger partial charge in [0.2, 0.25) is 5.91 Å². The highest BCUT2D eigenvalue weighted by Crippen LogP contribution is 2.20. The van der Waals surface area contributed by atoms with Crippen LogP contribution < -0.4 is 22.1 Å². The first kappa shape index (κ1) is 20.8. The molecule has 32 heavy (non-hydrogen) atoms. The van der Waals surface area contributed by atoms with Crippen LogP contribution in [0.15, 0.2) is 85.2 Å². The number of amides is 2. The van der Waals surface area contributed by atoms with Crippen LogP contribution in [0.2, 0.25) is 0 Å². The summed E-state index contributed by atoms with van der Waals surface area (Å²) in [5.41, 5.74) is 14.1. The molecule has 6 N–H and O–H groups in total. The number of para-hydroxylation sites is 1. The van der Waals surface area contributed by atoms with Crippen molar-refractivity contribution in [2.24, 2.45) is 5.73 Å². The van der Waals surface area contributed by atoms with E-state index in [1.807, 2.05) is 30.3 Å². The van der Waals surface area contributed by atoms with Crippen LogP contribution in [0.1, 0.15) is 22.0 Å². The molecule has 0 fully saturated rings. The quantitative estimate of drug-likeness (QED) is 0.373. The van der Waals surface area contributed by atoms with Gasteiger partial charge >= 0.3 is 0 Å². The number of hydrogen-bond acceptors (Lipinski definition) is 6. The van der Waals surface area contributed by atoms with Gasteiger partial charge in [0, 0.05) is 11.8 Å². The van der Waals surface area contributed by atoms with E-state index in [0.29, 0.717) is 22.6 Å². The number of benzene rings is 2. The SMILES string of the molecule is Nc1cn(-c2ccccc2)nc1NC(=O)c1ccc(C(N)C(=O)Nc2ccccn2)cc1. The lowest BCUT2D eigenvalue weighted by molar-refractivity contribution is -0.117. The van der Waals surface area contributed by atoms with Gasteiger partial charge in [0.05, 0.1) is 17.6 Å². The third-order valence-corrected chi connectivity index (χ3v) is 4.73. The van der Waals surface area contributed by atoms with Crippen molar-refractivity contribution < 1.29 is 9.59 Å². The number of aromatic nitrogens is 3. The molecular formula is C23H21N7O2. The van der Waals surface area contributed by atoms with Crippen molar-refractivity contribution >= 4 is 29.1 Å². The molecule has 0 radical (unpaired) electrons. The van der Waals surface area contributed by atoms with Crippen molar-refractivity contribution in [3.63, 3.8) is 0 Å². The van der Waals surface area contributed by atoms with Gasteiger partial charge in [-0.2, -0.15) is 0 Å². The summed E-state index contributed by atoms with van der Waals surface area (Å²) in [5, 5.41) is 9.69. The molecule has 2 aromatic heterocycles. The monoisotopic (exact) mass is 427 g/mol. The maximum Gasteiger partial charge on any atom is 0.256 e. The number of anilines is 3. The van der Waals surface area contributed by atoms with Crippen LogP contribution in [0.5, 0.6) is 0 Å². The Bertz CT molecular complexity index is 1220. The number of carbonyl (C=O) groups is 2. The first-order chi connectivity index (χ1) is 15.5. The molecule has 0 aliphatic heterocycles. The summed E-state index contributed by atoms with van der Waals surface area (Å²) in [7, 11) is 0. The van der Waals surface area contributed by atoms with Crippen molar-refractivity contribution in [1.82, 2.24) is 14.8 Å². The van der Waals surface area contributed by atoms with Crippen molar-refractivity contribution in [2.75, 3.05) is 16.4 Å². The van der Waals surface area contributed by atoms with E-state index in [1.165, 1.54) is 0 Å². The summed E-state index contributed by atoms with van der Waals surface area (Å²) in [6.07, 6.45) is 3.21. The molecule has 0 saturated carbocycles. The van der Waals surface area contributed by atoms with Gasteiger partial charge in [0.15, 0.2) is 5.82 Å². The Kier molecular flexibility index (Phi) is 5.91. The van der Waals surface area contributed by atoms with E-state index in [9.17, 15) is 9.59 Å². The molecule has 2 aromatic carbocycles. The number of nitrogens with one attached hydrogen (secondary N) is 2. The highest BCUT2D eigenvalue weighted by molar-refractivity contribution is 6.05. The van der Waals surface area contributed by atoms with E-state index >= 15 is 0 Å². The van der Waals surface area contributed by atoms with Crippen molar-refractivity contribution in [3.05, 3.63) is 96.3 Å². The van der Waals surface area contributed by atoms with E-state index in [1.54, 1.807) is 59.5 Å². The summed E-state index contributed by atoms with van der Waals surface area (Å²) < 4.78 is 1.59. The van der Waals surface area contributed by atoms with Gasteiger partial charge in [0.1, 0.15) is 11.9 Å². The minimum atomic E-state index is -0.911. The zero-order chi connectivity index (χ0) is 22.5. The number of nitrogens with two attached hydrogens (primary N) is 2. The van der Waals surface area contributed by atoms with Gasteiger partial charge in [-0.25, -0.2) is 9.67 Å². The van der Waals surface area contributed by atoms with E-state index < -0.39 is 11.9 Å². The molecule has 4 aromatic rings. The Morgan fingerprint density at radius 2 is 1.62 bits per heavy atom. The van der Waals surface area contributed by atoms with Gasteiger partial charge in [0.25, 0.3) is 5.91 Å². The number of pyridine rings is 1. The second-order valence-electron chi connectivity index (χ2n) is 6.97. The van der Waals surface area contributed by atoms with Gasteiger partial charge in [-0.15, -0.1) is 5.10 Å². The maximum atomic E-state index is 12.6. The molecule has 0 spiro atoms. The second-order valence-corrected chi connectivity index (χ2v) is 6.97. The highest BCUT2D eigenvalue weighted by Gasteiger charge is 2.18. The fourth-order valence-electron chi connectivity index (χ4n) is 3.01. The van der Waals surface area contributed by atoms with Gasteiger partial charge < -0.3 is 22.1 Å². The molecule has 0 aliphatic carbocycles. The standard InChI is InChI=1S/C23H21N7O2/c24-18-14-30(17-6-2-1-3-7-17)29-21(18)28-22(31)16-11-9-15(10-12-16)20(25)23(32)27-19-8-4-5-13-26-19/h1-14,20H,24-25H2,(H,26,27,32)(H,28,29,31). The zero-order valence-corrected chi connectivity index (χ0v) is 17.0. The van der Waals surface area contributed by atoms with Crippen LogP contribution in [0, 0.1) is 0 Å². The molecule has 2 heterocycles. The molecule has 4 rings (SSSR count). The Hall–Kier alpha value is -4.50. The third kappa shape index (κ3) is 4.63. The number of nitrogen functional groups attached to an aromatic ring is 1. The van der Waals surface area contributed by atoms with Crippen LogP contribution in [0.4, 0.5) is 17.3 Å². The van der Waals surface area contributed by atoms with Crippen molar-refractivity contribution in [2.45, 2.75) is 6.04 Å². The van der Waals surface area contributed by atoms with E-state index in [2.05, 4.69) is 20.7 Å². The van der Waals surface area contributed by atoms with Crippen LogP contribution in [-0.4, -0.2) is 26.6 Å². The minimum Gasteiger partial charge on any atom is -0.394 e. The largest absolute Gasteiger partial charge is 0.394 e. The van der Waals surface area contributed by atoms with Crippen LogP contribution in [0.3, 0.4) is 0 Å². The van der Waals surface area contributed by atoms with Crippen LogP contribution >= 0.6 is 0 Å². The van der Waals surface area contributed by atoms with E-state index in [0.717, 1.165) is 5.69 Å². The lowest BCUT2D eigenvalue weighted by Gasteiger charge is -2.12. The summed E-state index contributed by atoms with van der Waals surface area (Å²) in [4.78, 5) is 29.0. The Morgan fingerprint density at radius 3 is 2.31 bits per heavy atom. The normalized spacial score (nSPS) is 11.5. The zero-order valence-electron chi connectivity index (χ0n) is 17.0. The van der Waals surface area contributed by atoms with E-state index in [4.69, 9.17) is 11.5 Å². The molecule has 9 heteroatoms. The Balaban J connectivity index is 1.42. The first-order valence-corrected chi connectivity index (χ1v) is 9.80. The van der Waals surface area contributed by atoms with Gasteiger partial charge in [-0.1, -0.05) is 36.4 Å². The molecule has 0 saturated heterocycles. The fourth-order valence-corrected chi connectivity index (χ4v) is 3.01. The fraction of sp³-hybridized carbons (Fsp3) is 0.0435. The Labute approximate surface area is 184 Å². The topological polar surface area (TPSA) is 141 Å². The summed E-state index contributed by atoms with van der Waals surface area (Å²) in [6.45, 7) is 0. The molecule has 160 valence electrons. The van der Waals surface area contributed by atoms with Gasteiger partial charge in [-0.05, 0) is 42.0 Å². The molecular weight excluding hydrogens is 406 g/mol. The average molecular weight is 427 g/mol. The number of rotatable bonds is 6. The van der Waals surface area contributed by atoms with E-state index in [-0.39, 0.29) is 11.7 Å². The highest BCUT2D eigenvalue weighted by atomic mass is 16.2. The van der Waals surface area contributed by atoms with Crippen LogP contribution in [0.25, 0.3) is 5.69 Å². The van der Waals surface area contributed by atoms with Crippen molar-refractivity contribution in [1.29, 1.82) is 0 Å². The third-order valence-electron chi connectivity index (χ3n) is 4.73. The summed E-state index contributed by atoms with van der Waals surface area (Å²) >= 11 is 0. The molecule has 9 nitrogen and oxygen atoms in total. The predicted octanol–water partition coefficient (Wildman–Crippen LogP) is 2.74. The summed E-state index contributed by atoms with van der Waals surface area (Å²) in [6, 6.07) is 20.1. The number of nitrogens with zero attached hydrogens (tertiary/aromatic N) is 3. The minimum absolute atomic E-state index is 0.259. The number of carbonyl (C=O) groups excluding carboxylic acids is 2. The van der Waals surface area contributed by atoms with Gasteiger partial charge in [-0.3, -0.25) is 9.59 Å². The summed E-state index contributed by atoms with van der Waals surface area (Å²) in [5.74, 6) is -0.112. The molecule has 2 amide bonds. The second kappa shape index (κ2) is 9.11. The van der Waals surface area contributed by atoms with Crippen molar-refractivity contribution in [3.8, 4) is 5.69 Å². The lowest BCUT2D eigenvalue weighted by atomic mass is 10.0. The molecule has 0 aliphatic rings. The first-order valence-electron chi connectivity index (χ1n) is 9.80. The maximum absolute atomic E-state index is 12.6. The predicted molar refractivity (Wildman–Crippen MR) is 122 cm³/mol. The smallest absolute Gasteiger partial charge is 0.256 e. The molecule has 1 atom stereocenters. The average Bonchev–Trinajstić information content (AvgIpc) is 3.20. The Morgan fingerprint density at radius 1 is 0.906 bits per heavy atom. The number of hydrogen-bond donors (Lipinski definition) is 4. The molecule has 0 bridgehead atoms. The van der Waals surface area contributed by atoms with Crippen LogP contribution in [-0.2, 0) is 4.79 Å².